The predicted octanol–water partition coefficient (Wildman–Crippen LogP) is 1.88. The average Bonchev–Trinajstić information content (AvgIpc) is 2.79. The highest BCUT2D eigenvalue weighted by Gasteiger charge is 2.60. The van der Waals surface area contributed by atoms with Crippen molar-refractivity contribution in [2.45, 2.75) is 12.8 Å². The van der Waals surface area contributed by atoms with Gasteiger partial charge in [-0.3, -0.25) is 4.79 Å². The maximum atomic E-state index is 11.2. The van der Waals surface area contributed by atoms with Gasteiger partial charge in [-0.15, -0.1) is 0 Å². The number of esters is 1. The number of cyclic esters (lactones) is 1. The van der Waals surface area contributed by atoms with E-state index in [0.29, 0.717) is 18.4 Å². The van der Waals surface area contributed by atoms with Crippen molar-refractivity contribution in [1.29, 1.82) is 0 Å². The number of ether oxygens (including phenoxy) is 1. The fourth-order valence-corrected chi connectivity index (χ4v) is 2.42. The van der Waals surface area contributed by atoms with Crippen LogP contribution in [0.4, 0.5) is 0 Å². The number of fused-ring (bicyclic) bond motifs is 1. The molecule has 0 radical (unpaired) electrons. The third-order valence-electron chi connectivity index (χ3n) is 3.32. The molecule has 1 aliphatic heterocycles. The summed E-state index contributed by atoms with van der Waals surface area (Å²) in [5.74, 6) is 1.07. The summed E-state index contributed by atoms with van der Waals surface area (Å²) in [6.45, 7) is 2.70. The van der Waals surface area contributed by atoms with Crippen molar-refractivity contribution in [1.82, 2.24) is 0 Å². The number of carbonyl (C=O) groups is 1. The molecule has 0 spiro atoms. The van der Waals surface area contributed by atoms with E-state index >= 15 is 0 Å². The minimum Gasteiger partial charge on any atom is -0.465 e. The number of benzene rings is 1. The third kappa shape index (κ3) is 0.999. The summed E-state index contributed by atoms with van der Waals surface area (Å²) in [6, 6.07) is 8.47. The van der Waals surface area contributed by atoms with Crippen LogP contribution < -0.4 is 0 Å². The van der Waals surface area contributed by atoms with Crippen LogP contribution in [0, 0.1) is 18.8 Å². The lowest BCUT2D eigenvalue weighted by Gasteiger charge is -2.04. The van der Waals surface area contributed by atoms with Gasteiger partial charge in [-0.1, -0.05) is 29.8 Å². The van der Waals surface area contributed by atoms with E-state index in [9.17, 15) is 4.79 Å². The fourth-order valence-electron chi connectivity index (χ4n) is 2.42. The highest BCUT2D eigenvalue weighted by molar-refractivity contribution is 5.80. The first-order valence-corrected chi connectivity index (χ1v) is 5.00. The highest BCUT2D eigenvalue weighted by Crippen LogP contribution is 2.57. The molecule has 0 amide bonds. The van der Waals surface area contributed by atoms with Gasteiger partial charge in [0.15, 0.2) is 0 Å². The lowest BCUT2D eigenvalue weighted by atomic mass is 10.1. The molecule has 0 unspecified atom stereocenters. The quantitative estimate of drug-likeness (QED) is 0.629. The first-order valence-electron chi connectivity index (χ1n) is 5.00. The van der Waals surface area contributed by atoms with E-state index in [-0.39, 0.29) is 11.9 Å². The van der Waals surface area contributed by atoms with Crippen LogP contribution in [0.25, 0.3) is 0 Å². The molecule has 1 aliphatic carbocycles. The van der Waals surface area contributed by atoms with Gasteiger partial charge in [0.1, 0.15) is 0 Å². The van der Waals surface area contributed by atoms with Crippen LogP contribution in [-0.4, -0.2) is 12.6 Å². The molecule has 1 heterocycles. The SMILES string of the molecule is Cc1ccc([C@@H]2[C@@H]3COC(=O)[C@@H]32)cc1. The summed E-state index contributed by atoms with van der Waals surface area (Å²) in [4.78, 5) is 11.2. The Hall–Kier alpha value is -1.31. The summed E-state index contributed by atoms with van der Waals surface area (Å²) in [6.07, 6.45) is 0. The normalized spacial score (nSPS) is 33.8. The summed E-state index contributed by atoms with van der Waals surface area (Å²) in [5, 5.41) is 0. The van der Waals surface area contributed by atoms with Crippen LogP contribution in [0.15, 0.2) is 24.3 Å². The fraction of sp³-hybridized carbons (Fsp3) is 0.417. The van der Waals surface area contributed by atoms with Crippen LogP contribution in [0.5, 0.6) is 0 Å². The Morgan fingerprint density at radius 1 is 1.21 bits per heavy atom. The lowest BCUT2D eigenvalue weighted by Crippen LogP contribution is -2.04. The second kappa shape index (κ2) is 2.59. The monoisotopic (exact) mass is 188 g/mol. The predicted molar refractivity (Wildman–Crippen MR) is 51.9 cm³/mol. The molecular formula is C12H12O2. The summed E-state index contributed by atoms with van der Waals surface area (Å²) >= 11 is 0. The molecule has 3 atom stereocenters. The lowest BCUT2D eigenvalue weighted by molar-refractivity contribution is -0.141. The molecule has 1 saturated heterocycles. The topological polar surface area (TPSA) is 26.3 Å². The Morgan fingerprint density at radius 3 is 2.50 bits per heavy atom. The molecule has 14 heavy (non-hydrogen) atoms. The first kappa shape index (κ1) is 8.04. The van der Waals surface area contributed by atoms with E-state index in [1.165, 1.54) is 11.1 Å². The largest absolute Gasteiger partial charge is 0.465 e. The third-order valence-corrected chi connectivity index (χ3v) is 3.32. The Balaban J connectivity index is 1.86. The van der Waals surface area contributed by atoms with Gasteiger partial charge in [-0.25, -0.2) is 0 Å². The van der Waals surface area contributed by atoms with Gasteiger partial charge in [-0.05, 0) is 12.5 Å². The van der Waals surface area contributed by atoms with E-state index in [4.69, 9.17) is 4.74 Å². The van der Waals surface area contributed by atoms with Crippen LogP contribution in [0.1, 0.15) is 17.0 Å². The van der Waals surface area contributed by atoms with Gasteiger partial charge in [0, 0.05) is 11.8 Å². The summed E-state index contributed by atoms with van der Waals surface area (Å²) < 4.78 is 4.95. The van der Waals surface area contributed by atoms with Crippen molar-refractivity contribution in [3.63, 3.8) is 0 Å². The maximum absolute atomic E-state index is 11.2. The minimum atomic E-state index is 0.000532. The average molecular weight is 188 g/mol. The van der Waals surface area contributed by atoms with Crippen molar-refractivity contribution in [3.8, 4) is 0 Å². The Bertz CT molecular complexity index is 380. The molecule has 0 bridgehead atoms. The molecule has 0 aromatic heterocycles. The van der Waals surface area contributed by atoms with Crippen LogP contribution in [0.3, 0.4) is 0 Å². The molecule has 2 heteroatoms. The second-order valence-electron chi connectivity index (χ2n) is 4.26. The number of hydrogen-bond donors (Lipinski definition) is 0. The molecule has 1 aromatic rings. The van der Waals surface area contributed by atoms with Crippen molar-refractivity contribution in [2.75, 3.05) is 6.61 Å². The molecule has 3 rings (SSSR count). The Labute approximate surface area is 82.9 Å². The number of rotatable bonds is 1. The highest BCUT2D eigenvalue weighted by atomic mass is 16.5. The first-order chi connectivity index (χ1) is 6.77. The smallest absolute Gasteiger partial charge is 0.310 e. The Morgan fingerprint density at radius 2 is 1.93 bits per heavy atom. The van der Waals surface area contributed by atoms with Crippen molar-refractivity contribution >= 4 is 5.97 Å². The van der Waals surface area contributed by atoms with Crippen molar-refractivity contribution in [3.05, 3.63) is 35.4 Å². The zero-order valence-electron chi connectivity index (χ0n) is 8.07. The van der Waals surface area contributed by atoms with Gasteiger partial charge in [0.25, 0.3) is 0 Å². The number of aryl methyl sites for hydroxylation is 1. The number of carbonyl (C=O) groups excluding carboxylic acids is 1. The second-order valence-corrected chi connectivity index (χ2v) is 4.26. The zero-order valence-corrected chi connectivity index (χ0v) is 8.07. The van der Waals surface area contributed by atoms with E-state index in [0.717, 1.165) is 0 Å². The summed E-state index contributed by atoms with van der Waals surface area (Å²) in [7, 11) is 0. The van der Waals surface area contributed by atoms with E-state index in [2.05, 4.69) is 31.2 Å². The minimum absolute atomic E-state index is 0.000532. The zero-order chi connectivity index (χ0) is 9.71. The summed E-state index contributed by atoms with van der Waals surface area (Å²) in [5.41, 5.74) is 2.56. The molecule has 2 aliphatic rings. The number of hydrogen-bond acceptors (Lipinski definition) is 2. The van der Waals surface area contributed by atoms with Crippen molar-refractivity contribution in [2.24, 2.45) is 11.8 Å². The van der Waals surface area contributed by atoms with Gasteiger partial charge < -0.3 is 4.74 Å². The van der Waals surface area contributed by atoms with Crippen molar-refractivity contribution < 1.29 is 9.53 Å². The molecule has 2 nitrogen and oxygen atoms in total. The van der Waals surface area contributed by atoms with Gasteiger partial charge in [0.05, 0.1) is 12.5 Å². The van der Waals surface area contributed by atoms with E-state index < -0.39 is 0 Å². The molecule has 1 aromatic carbocycles. The molecular weight excluding hydrogens is 176 g/mol. The van der Waals surface area contributed by atoms with Gasteiger partial charge >= 0.3 is 5.97 Å². The molecule has 1 saturated carbocycles. The maximum Gasteiger partial charge on any atom is 0.310 e. The van der Waals surface area contributed by atoms with Gasteiger partial charge in [0.2, 0.25) is 0 Å². The van der Waals surface area contributed by atoms with Crippen LogP contribution in [-0.2, 0) is 9.53 Å². The van der Waals surface area contributed by atoms with E-state index in [1.807, 2.05) is 0 Å². The molecule has 72 valence electrons. The van der Waals surface area contributed by atoms with E-state index in [1.54, 1.807) is 0 Å². The molecule has 0 N–H and O–H groups in total. The standard InChI is InChI=1S/C12H12O2/c1-7-2-4-8(5-3-7)10-9-6-14-12(13)11(9)10/h2-5,9-11H,6H2,1H3/t9-,10+,11-/m0/s1. The van der Waals surface area contributed by atoms with Gasteiger partial charge in [-0.2, -0.15) is 0 Å². The van der Waals surface area contributed by atoms with Crippen LogP contribution >= 0.6 is 0 Å². The van der Waals surface area contributed by atoms with Crippen LogP contribution in [0.2, 0.25) is 0 Å². The molecule has 2 fully saturated rings. The Kier molecular flexibility index (Phi) is 1.49.